The molecule has 0 amide bonds. The van der Waals surface area contributed by atoms with Crippen molar-refractivity contribution in [3.63, 3.8) is 0 Å². The molecule has 8 aromatic carbocycles. The van der Waals surface area contributed by atoms with Gasteiger partial charge in [-0.1, -0.05) is 139 Å². The van der Waals surface area contributed by atoms with Crippen molar-refractivity contribution < 1.29 is 19.8 Å². The Morgan fingerprint density at radius 1 is 0.421 bits per heavy atom. The summed E-state index contributed by atoms with van der Waals surface area (Å²) in [6.07, 6.45) is 0. The van der Waals surface area contributed by atoms with Gasteiger partial charge in [-0.15, -0.1) is 0 Å². The van der Waals surface area contributed by atoms with E-state index in [1.807, 2.05) is 121 Å². The third kappa shape index (κ3) is 4.94. The van der Waals surface area contributed by atoms with Crippen LogP contribution in [0.15, 0.2) is 191 Å². The molecule has 0 aliphatic rings. The highest BCUT2D eigenvalue weighted by Crippen LogP contribution is 2.43. The zero-order valence-electron chi connectivity index (χ0n) is 37.8. The molecule has 6 nitrogen and oxygen atoms in total. The van der Waals surface area contributed by atoms with Gasteiger partial charge in [0.15, 0.2) is 17.5 Å². The lowest BCUT2D eigenvalue weighted by Gasteiger charge is -2.16. The number of furan rings is 2. The van der Waals surface area contributed by atoms with Gasteiger partial charge in [0.25, 0.3) is 0 Å². The highest BCUT2D eigenvalue weighted by atomic mass is 16.3. The second-order valence-corrected chi connectivity index (χ2v) is 13.7. The lowest BCUT2D eigenvalue weighted by atomic mass is 9.98. The number of hydrogen-bond acceptors (Lipinski definition) is 5. The molecule has 0 aliphatic heterocycles. The van der Waals surface area contributed by atoms with Crippen LogP contribution in [0.4, 0.5) is 0 Å². The maximum absolute atomic E-state index is 9.87. The summed E-state index contributed by atoms with van der Waals surface area (Å²) in [5.74, 6) is 1.04. The zero-order valence-corrected chi connectivity index (χ0v) is 29.8. The molecule has 12 aromatic rings. The Kier molecular flexibility index (Phi) is 5.32. The fraction of sp³-hybridized carbons (Fsp3) is 0. The maximum atomic E-state index is 9.87. The van der Waals surface area contributed by atoms with Crippen molar-refractivity contribution in [2.75, 3.05) is 0 Å². The molecule has 0 fully saturated rings. The third-order valence-electron chi connectivity index (χ3n) is 10.4. The summed E-state index contributed by atoms with van der Waals surface area (Å²) in [6.45, 7) is 0. The topological polar surface area (TPSA) is 69.9 Å². The van der Waals surface area contributed by atoms with Gasteiger partial charge in [-0.05, 0) is 41.9 Å². The summed E-state index contributed by atoms with van der Waals surface area (Å²) >= 11 is 0. The van der Waals surface area contributed by atoms with E-state index in [1.165, 1.54) is 12.1 Å². The van der Waals surface area contributed by atoms with Crippen molar-refractivity contribution in [1.82, 2.24) is 19.5 Å². The van der Waals surface area contributed by atoms with Gasteiger partial charge in [-0.25, -0.2) is 15.0 Å². The van der Waals surface area contributed by atoms with Gasteiger partial charge in [0.2, 0.25) is 0 Å². The molecule has 6 heteroatoms. The van der Waals surface area contributed by atoms with Crippen LogP contribution in [0.25, 0.3) is 117 Å². The maximum Gasteiger partial charge on any atom is 0.166 e. The second kappa shape index (κ2) is 12.3. The molecule has 57 heavy (non-hydrogen) atoms. The van der Waals surface area contributed by atoms with Crippen molar-refractivity contribution in [3.8, 4) is 51.0 Å². The first-order valence-electron chi connectivity index (χ1n) is 22.4. The molecule has 4 heterocycles. The number of fused-ring (bicyclic) bond motifs is 9. The first-order valence-corrected chi connectivity index (χ1v) is 18.4. The van der Waals surface area contributed by atoms with E-state index in [-0.39, 0.29) is 97.9 Å². The molecule has 0 spiro atoms. The van der Waals surface area contributed by atoms with E-state index < -0.39 is 0 Å². The summed E-state index contributed by atoms with van der Waals surface area (Å²) < 4.78 is 87.4. The average Bonchev–Trinajstić information content (AvgIpc) is 4.04. The van der Waals surface area contributed by atoms with E-state index in [2.05, 4.69) is 0 Å². The molecular weight excluding hydrogens is 701 g/mol. The Bertz CT molecular complexity index is 3940. The van der Waals surface area contributed by atoms with Crippen molar-refractivity contribution in [2.24, 2.45) is 0 Å². The van der Waals surface area contributed by atoms with E-state index in [1.54, 1.807) is 4.57 Å². The number of hydrogen-bond donors (Lipinski definition) is 0. The van der Waals surface area contributed by atoms with Crippen molar-refractivity contribution in [1.29, 1.82) is 0 Å². The highest BCUT2D eigenvalue weighted by molar-refractivity contribution is 6.17. The fourth-order valence-corrected chi connectivity index (χ4v) is 7.81. The van der Waals surface area contributed by atoms with Crippen LogP contribution in [0.3, 0.4) is 0 Å². The van der Waals surface area contributed by atoms with Gasteiger partial charge >= 0.3 is 0 Å². The molecule has 12 rings (SSSR count). The quantitative estimate of drug-likeness (QED) is 0.176. The van der Waals surface area contributed by atoms with Crippen molar-refractivity contribution in [3.05, 3.63) is 182 Å². The molecule has 4 aromatic heterocycles. The zero-order chi connectivity index (χ0) is 44.4. The number of benzene rings is 8. The van der Waals surface area contributed by atoms with Crippen molar-refractivity contribution >= 4 is 65.7 Å². The predicted molar refractivity (Wildman–Crippen MR) is 230 cm³/mol. The molecule has 0 aliphatic carbocycles. The van der Waals surface area contributed by atoms with Crippen molar-refractivity contribution in [2.45, 2.75) is 0 Å². The predicted octanol–water partition coefficient (Wildman–Crippen LogP) is 13.4. The highest BCUT2D eigenvalue weighted by Gasteiger charge is 2.22. The molecule has 0 saturated heterocycles. The molecule has 0 saturated carbocycles. The van der Waals surface area contributed by atoms with Gasteiger partial charge in [-0.3, -0.25) is 0 Å². The standard InChI is InChI=1S/C51H30N4O2/c1-3-14-31(15-4-1)49-52-50(32-16-5-2-6-17-32)54-51(53-49)41-28-33(34-21-13-22-38-36-19-8-12-25-46(36)57-48(34)38)26-27-43(41)55-42-23-10-7-18-35(42)39-29-40-37-20-9-11-24-45(37)56-47(40)30-44(39)55/h1-30H/i7D,9D,18D,20D,23D,24D,29D,30D. The molecule has 0 unspecified atom stereocenters. The minimum absolute atomic E-state index is 0.0373. The molecule has 0 atom stereocenters. The Morgan fingerprint density at radius 3 is 1.93 bits per heavy atom. The molecular formula is C51H30N4O2. The molecule has 0 N–H and O–H groups in total. The Labute approximate surface area is 337 Å². The SMILES string of the molecule is [2H]c1cc([2H])c2oc3c([2H])c4c(c([2H])c3c2c1[2H])c1c([2H])c([2H])cc([2H])c1n4-c1ccc(-c2cccc3c2oc2ccccc23)cc1-c1nc(-c2ccccc2)nc(-c2ccccc2)n1. The number of rotatable bonds is 5. The Morgan fingerprint density at radius 2 is 1.12 bits per heavy atom. The van der Waals surface area contributed by atoms with Gasteiger partial charge in [0.1, 0.15) is 22.3 Å². The van der Waals surface area contributed by atoms with Gasteiger partial charge in [0.05, 0.1) is 27.7 Å². The monoisotopic (exact) mass is 738 g/mol. The summed E-state index contributed by atoms with van der Waals surface area (Å²) in [5.41, 5.74) is 5.36. The minimum atomic E-state index is -0.269. The lowest BCUT2D eigenvalue weighted by molar-refractivity contribution is 0.669. The van der Waals surface area contributed by atoms with E-state index in [0.717, 1.165) is 38.6 Å². The first kappa shape index (κ1) is 24.6. The summed E-state index contributed by atoms with van der Waals surface area (Å²) in [4.78, 5) is 15.2. The third-order valence-corrected chi connectivity index (χ3v) is 10.4. The summed E-state index contributed by atoms with van der Waals surface area (Å²) in [6, 6.07) is 39.2. The van der Waals surface area contributed by atoms with Crippen LogP contribution in [0.5, 0.6) is 0 Å². The van der Waals surface area contributed by atoms with E-state index >= 15 is 0 Å². The van der Waals surface area contributed by atoms with Crippen LogP contribution in [-0.4, -0.2) is 19.5 Å². The lowest BCUT2D eigenvalue weighted by Crippen LogP contribution is -2.04. The Hall–Kier alpha value is -7.83. The van der Waals surface area contributed by atoms with Crippen LogP contribution in [0.1, 0.15) is 11.0 Å². The van der Waals surface area contributed by atoms with Gasteiger partial charge in [-0.2, -0.15) is 0 Å². The largest absolute Gasteiger partial charge is 0.456 e. The second-order valence-electron chi connectivity index (χ2n) is 13.7. The minimum Gasteiger partial charge on any atom is -0.456 e. The molecule has 0 bridgehead atoms. The van der Waals surface area contributed by atoms with Crippen LogP contribution in [0.2, 0.25) is 0 Å². The van der Waals surface area contributed by atoms with E-state index in [9.17, 15) is 5.48 Å². The van der Waals surface area contributed by atoms with Gasteiger partial charge < -0.3 is 13.4 Å². The van der Waals surface area contributed by atoms with Crippen LogP contribution < -0.4 is 0 Å². The first-order chi connectivity index (χ1) is 31.6. The molecule has 266 valence electrons. The molecule has 0 radical (unpaired) electrons. The fourth-order valence-electron chi connectivity index (χ4n) is 7.81. The van der Waals surface area contributed by atoms with E-state index in [0.29, 0.717) is 28.5 Å². The van der Waals surface area contributed by atoms with Crippen LogP contribution in [-0.2, 0) is 0 Å². The summed E-state index contributed by atoms with van der Waals surface area (Å²) in [7, 11) is 0. The van der Waals surface area contributed by atoms with Crippen LogP contribution in [0, 0.1) is 0 Å². The smallest absolute Gasteiger partial charge is 0.166 e. The average molecular weight is 739 g/mol. The summed E-state index contributed by atoms with van der Waals surface area (Å²) in [5, 5.41) is 2.14. The normalized spacial score (nSPS) is 13.8. The number of nitrogens with zero attached hydrogens (tertiary/aromatic N) is 4. The van der Waals surface area contributed by atoms with E-state index in [4.69, 9.17) is 29.3 Å². The number of aromatic nitrogens is 4. The van der Waals surface area contributed by atoms with Crippen LogP contribution >= 0.6 is 0 Å². The number of para-hydroxylation sites is 4. The Balaban J connectivity index is 1.25. The van der Waals surface area contributed by atoms with Gasteiger partial charge in [0, 0.05) is 60.6 Å².